The molecule has 0 saturated carbocycles. The highest BCUT2D eigenvalue weighted by Crippen LogP contribution is 2.14. The Morgan fingerprint density at radius 3 is 2.14 bits per heavy atom. The second-order valence-electron chi connectivity index (χ2n) is 8.48. The van der Waals surface area contributed by atoms with Crippen LogP contribution in [0.5, 0.6) is 5.75 Å². The van der Waals surface area contributed by atoms with E-state index in [-0.39, 0.29) is 18.8 Å². The number of carbonyl (C=O) groups excluding carboxylic acids is 3. The van der Waals surface area contributed by atoms with Crippen LogP contribution in [0.25, 0.3) is 6.08 Å². The fourth-order valence-corrected chi connectivity index (χ4v) is 3.07. The summed E-state index contributed by atoms with van der Waals surface area (Å²) in [5.41, 5.74) is 1.92. The van der Waals surface area contributed by atoms with E-state index in [2.05, 4.69) is 24.5 Å². The third-order valence-corrected chi connectivity index (χ3v) is 4.94. The van der Waals surface area contributed by atoms with E-state index in [1.807, 2.05) is 48.5 Å². The van der Waals surface area contributed by atoms with Crippen molar-refractivity contribution in [3.8, 4) is 5.75 Å². The van der Waals surface area contributed by atoms with E-state index in [1.54, 1.807) is 42.5 Å². The molecule has 0 heterocycles. The maximum absolute atomic E-state index is 12.9. The molecular weight excluding hydrogens is 456 g/mol. The lowest BCUT2D eigenvalue weighted by molar-refractivity contribution is -0.144. The van der Waals surface area contributed by atoms with Gasteiger partial charge in [0, 0.05) is 5.56 Å². The van der Waals surface area contributed by atoms with Crippen LogP contribution in [-0.4, -0.2) is 30.9 Å². The minimum Gasteiger partial charge on any atom is -0.493 e. The first-order valence-corrected chi connectivity index (χ1v) is 11.7. The summed E-state index contributed by atoms with van der Waals surface area (Å²) in [4.78, 5) is 37.9. The van der Waals surface area contributed by atoms with Crippen molar-refractivity contribution in [1.29, 1.82) is 0 Å². The molecule has 0 saturated heterocycles. The van der Waals surface area contributed by atoms with Crippen LogP contribution in [0.2, 0.25) is 0 Å². The summed E-state index contributed by atoms with van der Waals surface area (Å²) in [6.07, 6.45) is 1.54. The zero-order chi connectivity index (χ0) is 25.8. The zero-order valence-electron chi connectivity index (χ0n) is 20.4. The van der Waals surface area contributed by atoms with Gasteiger partial charge in [0.05, 0.1) is 6.61 Å². The molecule has 7 nitrogen and oxygen atoms in total. The number of esters is 1. The number of benzene rings is 3. The molecule has 0 spiro atoms. The van der Waals surface area contributed by atoms with Crippen molar-refractivity contribution in [2.75, 3.05) is 13.2 Å². The average Bonchev–Trinajstić information content (AvgIpc) is 2.90. The molecule has 3 rings (SSSR count). The smallest absolute Gasteiger partial charge is 0.325 e. The number of amides is 2. The lowest BCUT2D eigenvalue weighted by atomic mass is 10.1. The molecule has 0 aromatic heterocycles. The van der Waals surface area contributed by atoms with Gasteiger partial charge in [0.1, 0.15) is 24.6 Å². The Balaban J connectivity index is 1.63. The molecule has 0 aliphatic rings. The maximum atomic E-state index is 12.9. The highest BCUT2D eigenvalue weighted by Gasteiger charge is 2.16. The Bertz CT molecular complexity index is 1170. The average molecular weight is 487 g/mol. The summed E-state index contributed by atoms with van der Waals surface area (Å²) in [6, 6.07) is 25.0. The number of carbonyl (C=O) groups is 3. The van der Waals surface area contributed by atoms with Gasteiger partial charge in [-0.1, -0.05) is 74.5 Å². The van der Waals surface area contributed by atoms with Crippen LogP contribution >= 0.6 is 0 Å². The van der Waals surface area contributed by atoms with Crippen molar-refractivity contribution < 1.29 is 23.9 Å². The Morgan fingerprint density at radius 2 is 1.50 bits per heavy atom. The largest absolute Gasteiger partial charge is 0.493 e. The summed E-state index contributed by atoms with van der Waals surface area (Å²) in [5.74, 6) is -0.621. The topological polar surface area (TPSA) is 93.7 Å². The van der Waals surface area contributed by atoms with Crippen LogP contribution in [0.1, 0.15) is 35.3 Å². The standard InChI is InChI=1S/C29H30N2O5/c1-21(2)19-35-25-15-13-24(14-16-25)28(33)31-26(17-22-9-5-3-6-10-22)29(34)30-18-27(32)36-20-23-11-7-4-8-12-23/h3-17,21H,18-20H2,1-2H3,(H,30,34)(H,31,33)/b26-17+. The lowest BCUT2D eigenvalue weighted by Crippen LogP contribution is -2.37. The van der Waals surface area contributed by atoms with Gasteiger partial charge in [0.15, 0.2) is 0 Å². The second-order valence-corrected chi connectivity index (χ2v) is 8.48. The van der Waals surface area contributed by atoms with Crippen LogP contribution in [0.3, 0.4) is 0 Å². The first-order valence-electron chi connectivity index (χ1n) is 11.7. The van der Waals surface area contributed by atoms with Gasteiger partial charge in [-0.25, -0.2) is 0 Å². The number of rotatable bonds is 11. The molecular formula is C29H30N2O5. The fraction of sp³-hybridized carbons (Fsp3) is 0.207. The lowest BCUT2D eigenvalue weighted by Gasteiger charge is -2.12. The van der Waals surface area contributed by atoms with E-state index in [9.17, 15) is 14.4 Å². The highest BCUT2D eigenvalue weighted by atomic mass is 16.5. The molecule has 0 radical (unpaired) electrons. The molecule has 0 fully saturated rings. The van der Waals surface area contributed by atoms with Crippen LogP contribution < -0.4 is 15.4 Å². The summed E-state index contributed by atoms with van der Waals surface area (Å²) in [7, 11) is 0. The van der Waals surface area contributed by atoms with E-state index >= 15 is 0 Å². The van der Waals surface area contributed by atoms with Crippen molar-refractivity contribution in [2.45, 2.75) is 20.5 Å². The van der Waals surface area contributed by atoms with Crippen LogP contribution in [0, 0.1) is 5.92 Å². The van der Waals surface area contributed by atoms with E-state index in [4.69, 9.17) is 9.47 Å². The molecule has 3 aromatic rings. The van der Waals surface area contributed by atoms with Crippen molar-refractivity contribution >= 4 is 23.9 Å². The molecule has 0 atom stereocenters. The van der Waals surface area contributed by atoms with Crippen molar-refractivity contribution in [2.24, 2.45) is 5.92 Å². The van der Waals surface area contributed by atoms with Crippen LogP contribution in [0.4, 0.5) is 0 Å². The Labute approximate surface area is 211 Å². The number of ether oxygens (including phenoxy) is 2. The summed E-state index contributed by atoms with van der Waals surface area (Å²) in [6.45, 7) is 4.45. The molecule has 0 unspecified atom stereocenters. The van der Waals surface area contributed by atoms with E-state index in [0.29, 0.717) is 29.4 Å². The Hall–Kier alpha value is -4.39. The minimum absolute atomic E-state index is 0.00203. The fourth-order valence-electron chi connectivity index (χ4n) is 3.07. The van der Waals surface area contributed by atoms with Crippen molar-refractivity contribution in [1.82, 2.24) is 10.6 Å². The first-order chi connectivity index (χ1) is 17.4. The second kappa shape index (κ2) is 13.5. The highest BCUT2D eigenvalue weighted by molar-refractivity contribution is 6.05. The summed E-state index contributed by atoms with van der Waals surface area (Å²) >= 11 is 0. The zero-order valence-corrected chi connectivity index (χ0v) is 20.4. The molecule has 36 heavy (non-hydrogen) atoms. The normalized spacial score (nSPS) is 11.0. The van der Waals surface area contributed by atoms with E-state index < -0.39 is 17.8 Å². The van der Waals surface area contributed by atoms with Crippen LogP contribution in [0.15, 0.2) is 90.6 Å². The van der Waals surface area contributed by atoms with E-state index in [1.165, 1.54) is 0 Å². The molecule has 2 N–H and O–H groups in total. The molecule has 7 heteroatoms. The monoisotopic (exact) mass is 486 g/mol. The van der Waals surface area contributed by atoms with Crippen molar-refractivity contribution in [3.05, 3.63) is 107 Å². The SMILES string of the molecule is CC(C)COc1ccc(C(=O)N/C(=C/c2ccccc2)C(=O)NCC(=O)OCc2ccccc2)cc1. The minimum atomic E-state index is -0.610. The third-order valence-electron chi connectivity index (χ3n) is 4.94. The molecule has 0 aliphatic carbocycles. The van der Waals surface area contributed by atoms with Gasteiger partial charge in [-0.2, -0.15) is 0 Å². The number of hydrogen-bond acceptors (Lipinski definition) is 5. The predicted octanol–water partition coefficient (Wildman–Crippen LogP) is 4.35. The summed E-state index contributed by atoms with van der Waals surface area (Å²) < 4.78 is 10.9. The third kappa shape index (κ3) is 8.76. The van der Waals surface area contributed by atoms with Gasteiger partial charge in [0.25, 0.3) is 11.8 Å². The van der Waals surface area contributed by atoms with Gasteiger partial charge in [0.2, 0.25) is 0 Å². The Morgan fingerprint density at radius 1 is 0.861 bits per heavy atom. The molecule has 3 aromatic carbocycles. The van der Waals surface area contributed by atoms with Crippen molar-refractivity contribution in [3.63, 3.8) is 0 Å². The number of nitrogens with one attached hydrogen (secondary N) is 2. The Kier molecular flexibility index (Phi) is 9.82. The maximum Gasteiger partial charge on any atom is 0.325 e. The summed E-state index contributed by atoms with van der Waals surface area (Å²) in [5, 5.41) is 5.17. The van der Waals surface area contributed by atoms with Gasteiger partial charge in [-0.05, 0) is 47.4 Å². The van der Waals surface area contributed by atoms with E-state index in [0.717, 1.165) is 5.56 Å². The molecule has 0 aliphatic heterocycles. The molecule has 186 valence electrons. The van der Waals surface area contributed by atoms with Gasteiger partial charge < -0.3 is 20.1 Å². The molecule has 2 amide bonds. The quantitative estimate of drug-likeness (QED) is 0.310. The predicted molar refractivity (Wildman–Crippen MR) is 138 cm³/mol. The van der Waals surface area contributed by atoms with Gasteiger partial charge >= 0.3 is 5.97 Å². The van der Waals surface area contributed by atoms with Gasteiger partial charge in [-0.15, -0.1) is 0 Å². The van der Waals surface area contributed by atoms with Gasteiger partial charge in [-0.3, -0.25) is 14.4 Å². The first kappa shape index (κ1) is 26.2. The molecule has 0 bridgehead atoms. The number of hydrogen-bond donors (Lipinski definition) is 2. The van der Waals surface area contributed by atoms with Crippen LogP contribution in [-0.2, 0) is 20.9 Å².